The van der Waals surface area contributed by atoms with Gasteiger partial charge in [0.15, 0.2) is 5.96 Å². The van der Waals surface area contributed by atoms with Crippen molar-refractivity contribution in [3.63, 3.8) is 0 Å². The minimum atomic E-state index is 0. The topological polar surface area (TPSA) is 82.6 Å². The van der Waals surface area contributed by atoms with Crippen LogP contribution in [-0.4, -0.2) is 72.8 Å². The van der Waals surface area contributed by atoms with Gasteiger partial charge in [-0.2, -0.15) is 0 Å². The van der Waals surface area contributed by atoms with E-state index in [1.54, 1.807) is 21.3 Å². The number of rotatable bonds is 13. The largest absolute Gasteiger partial charge is 0.496 e. The fourth-order valence-corrected chi connectivity index (χ4v) is 3.32. The zero-order valence-electron chi connectivity index (χ0n) is 19.2. The molecule has 0 bridgehead atoms. The Balaban J connectivity index is 0.00000480. The molecule has 1 aromatic rings. The molecule has 9 heteroatoms. The molecular weight excluding hydrogens is 513 g/mol. The predicted octanol–water partition coefficient (Wildman–Crippen LogP) is 3.01. The number of benzene rings is 1. The van der Waals surface area contributed by atoms with Gasteiger partial charge in [0, 0.05) is 50.5 Å². The average Bonchev–Trinajstić information content (AvgIpc) is 3.29. The maximum Gasteiger partial charge on any atom is 0.191 e. The monoisotopic (exact) mass is 551 g/mol. The van der Waals surface area contributed by atoms with E-state index in [0.717, 1.165) is 61.9 Å². The first kappa shape index (κ1) is 27.6. The van der Waals surface area contributed by atoms with Crippen LogP contribution < -0.4 is 24.8 Å². The second kappa shape index (κ2) is 16.2. The van der Waals surface area contributed by atoms with Crippen molar-refractivity contribution in [2.24, 2.45) is 4.99 Å². The van der Waals surface area contributed by atoms with Crippen LogP contribution in [0.5, 0.6) is 17.2 Å². The van der Waals surface area contributed by atoms with Crippen LogP contribution in [0.1, 0.15) is 31.7 Å². The van der Waals surface area contributed by atoms with Gasteiger partial charge in [0.05, 0.1) is 34.0 Å². The molecule has 0 spiro atoms. The number of nitrogens with zero attached hydrogens (tertiary/aromatic N) is 1. The third kappa shape index (κ3) is 9.69. The second-order valence-corrected chi connectivity index (χ2v) is 7.01. The van der Waals surface area contributed by atoms with Crippen LogP contribution in [0.15, 0.2) is 17.1 Å². The lowest BCUT2D eigenvalue weighted by atomic mass is 10.1. The molecule has 1 aliphatic heterocycles. The zero-order valence-corrected chi connectivity index (χ0v) is 21.5. The van der Waals surface area contributed by atoms with Crippen molar-refractivity contribution < 1.29 is 23.7 Å². The maximum atomic E-state index is 5.70. The van der Waals surface area contributed by atoms with Crippen molar-refractivity contribution in [3.05, 3.63) is 17.7 Å². The van der Waals surface area contributed by atoms with E-state index in [9.17, 15) is 0 Å². The van der Waals surface area contributed by atoms with Crippen LogP contribution >= 0.6 is 24.0 Å². The fraction of sp³-hybridized carbons (Fsp3) is 0.682. The van der Waals surface area contributed by atoms with E-state index >= 15 is 0 Å². The molecule has 1 heterocycles. The number of ether oxygens (including phenoxy) is 5. The Bertz CT molecular complexity index is 629. The highest BCUT2D eigenvalue weighted by Gasteiger charge is 2.15. The number of guanidine groups is 1. The Hall–Kier alpha value is -1.46. The average molecular weight is 551 g/mol. The Morgan fingerprint density at radius 1 is 1.13 bits per heavy atom. The van der Waals surface area contributed by atoms with Gasteiger partial charge in [-0.3, -0.25) is 4.99 Å². The first-order valence-corrected chi connectivity index (χ1v) is 10.7. The van der Waals surface area contributed by atoms with Gasteiger partial charge in [0.2, 0.25) is 0 Å². The Morgan fingerprint density at radius 3 is 2.45 bits per heavy atom. The van der Waals surface area contributed by atoms with Crippen LogP contribution in [0.3, 0.4) is 0 Å². The van der Waals surface area contributed by atoms with Crippen LogP contribution in [0.25, 0.3) is 0 Å². The summed E-state index contributed by atoms with van der Waals surface area (Å²) in [4.78, 5) is 4.63. The highest BCUT2D eigenvalue weighted by Crippen LogP contribution is 2.34. The van der Waals surface area contributed by atoms with E-state index < -0.39 is 0 Å². The maximum absolute atomic E-state index is 5.70. The zero-order chi connectivity index (χ0) is 21.6. The van der Waals surface area contributed by atoms with Crippen molar-refractivity contribution in [1.82, 2.24) is 10.6 Å². The Morgan fingerprint density at radius 2 is 1.87 bits per heavy atom. The summed E-state index contributed by atoms with van der Waals surface area (Å²) in [6, 6.07) is 3.74. The SMILES string of the molecule is CCNC(=NCCCOCC1CCCO1)NCCc1c(OC)cc(OC)cc1OC.I. The number of nitrogens with one attached hydrogen (secondary N) is 2. The summed E-state index contributed by atoms with van der Waals surface area (Å²) in [7, 11) is 4.93. The molecule has 2 rings (SSSR count). The summed E-state index contributed by atoms with van der Waals surface area (Å²) in [5.74, 6) is 3.00. The minimum absolute atomic E-state index is 0. The molecule has 0 saturated carbocycles. The van der Waals surface area contributed by atoms with E-state index in [2.05, 4.69) is 22.5 Å². The molecule has 31 heavy (non-hydrogen) atoms. The molecule has 8 nitrogen and oxygen atoms in total. The van der Waals surface area contributed by atoms with Crippen LogP contribution in [0.2, 0.25) is 0 Å². The van der Waals surface area contributed by atoms with Crippen LogP contribution in [0, 0.1) is 0 Å². The van der Waals surface area contributed by atoms with Gasteiger partial charge in [-0.1, -0.05) is 0 Å². The van der Waals surface area contributed by atoms with Gasteiger partial charge in [0.25, 0.3) is 0 Å². The van der Waals surface area contributed by atoms with Crippen molar-refractivity contribution in [3.8, 4) is 17.2 Å². The third-order valence-electron chi connectivity index (χ3n) is 4.87. The van der Waals surface area contributed by atoms with Crippen LogP contribution in [0.4, 0.5) is 0 Å². The van der Waals surface area contributed by atoms with Gasteiger partial charge in [-0.15, -0.1) is 24.0 Å². The molecule has 178 valence electrons. The van der Waals surface area contributed by atoms with Gasteiger partial charge in [-0.25, -0.2) is 0 Å². The number of halogens is 1. The summed E-state index contributed by atoms with van der Waals surface area (Å²) in [5, 5.41) is 6.65. The first-order valence-electron chi connectivity index (χ1n) is 10.7. The molecule has 1 aromatic carbocycles. The molecule has 1 unspecified atom stereocenters. The van der Waals surface area contributed by atoms with E-state index in [1.807, 2.05) is 12.1 Å². The summed E-state index contributed by atoms with van der Waals surface area (Å²) >= 11 is 0. The van der Waals surface area contributed by atoms with E-state index in [1.165, 1.54) is 0 Å². The molecule has 0 aromatic heterocycles. The molecular formula is C22H38IN3O5. The highest BCUT2D eigenvalue weighted by atomic mass is 127. The molecule has 1 saturated heterocycles. The minimum Gasteiger partial charge on any atom is -0.496 e. The molecule has 0 amide bonds. The number of hydrogen-bond acceptors (Lipinski definition) is 6. The quantitative estimate of drug-likeness (QED) is 0.169. The Kier molecular flexibility index (Phi) is 14.4. The number of aliphatic imine (C=N–C) groups is 1. The number of methoxy groups -OCH3 is 3. The van der Waals surface area contributed by atoms with Crippen molar-refractivity contribution in [2.45, 2.75) is 38.7 Å². The van der Waals surface area contributed by atoms with Gasteiger partial charge < -0.3 is 34.3 Å². The van der Waals surface area contributed by atoms with Gasteiger partial charge >= 0.3 is 0 Å². The first-order chi connectivity index (χ1) is 14.7. The summed E-state index contributed by atoms with van der Waals surface area (Å²) in [5.41, 5.74) is 0.992. The second-order valence-electron chi connectivity index (χ2n) is 7.01. The lowest BCUT2D eigenvalue weighted by Crippen LogP contribution is -2.38. The smallest absolute Gasteiger partial charge is 0.191 e. The molecule has 0 aliphatic carbocycles. The lowest BCUT2D eigenvalue weighted by molar-refractivity contribution is 0.0171. The summed E-state index contributed by atoms with van der Waals surface area (Å²) in [6.45, 7) is 6.51. The summed E-state index contributed by atoms with van der Waals surface area (Å²) in [6.07, 6.45) is 4.13. The fourth-order valence-electron chi connectivity index (χ4n) is 3.32. The molecule has 2 N–H and O–H groups in total. The molecule has 0 radical (unpaired) electrons. The lowest BCUT2D eigenvalue weighted by Gasteiger charge is -2.16. The standard InChI is InChI=1S/C22H37N3O5.HI/c1-5-23-22(24-10-7-12-29-16-17-8-6-13-30-17)25-11-9-19-20(27-3)14-18(26-2)15-21(19)28-4;/h14-15,17H,5-13,16H2,1-4H3,(H2,23,24,25);1H. The summed E-state index contributed by atoms with van der Waals surface area (Å²) < 4.78 is 27.6. The normalized spacial score (nSPS) is 15.9. The third-order valence-corrected chi connectivity index (χ3v) is 4.87. The highest BCUT2D eigenvalue weighted by molar-refractivity contribution is 14.0. The van der Waals surface area contributed by atoms with Crippen LogP contribution in [-0.2, 0) is 15.9 Å². The van der Waals surface area contributed by atoms with E-state index in [-0.39, 0.29) is 30.1 Å². The number of hydrogen-bond donors (Lipinski definition) is 2. The Labute approximate surface area is 203 Å². The molecule has 1 fully saturated rings. The van der Waals surface area contributed by atoms with E-state index in [4.69, 9.17) is 23.7 Å². The van der Waals surface area contributed by atoms with Crippen molar-refractivity contribution in [2.75, 3.05) is 60.8 Å². The van der Waals surface area contributed by atoms with E-state index in [0.29, 0.717) is 32.1 Å². The molecule has 1 atom stereocenters. The molecule has 1 aliphatic rings. The predicted molar refractivity (Wildman–Crippen MR) is 134 cm³/mol. The van der Waals surface area contributed by atoms with Crippen molar-refractivity contribution >= 4 is 29.9 Å². The van der Waals surface area contributed by atoms with Gasteiger partial charge in [-0.05, 0) is 32.6 Å². The van der Waals surface area contributed by atoms with Crippen molar-refractivity contribution in [1.29, 1.82) is 0 Å². The van der Waals surface area contributed by atoms with Gasteiger partial charge in [0.1, 0.15) is 17.2 Å².